The highest BCUT2D eigenvalue weighted by Gasteiger charge is 2.19. The average Bonchev–Trinajstić information content (AvgIpc) is 2.54. The van der Waals surface area contributed by atoms with Crippen molar-refractivity contribution in [2.45, 2.75) is 51.1 Å². The highest BCUT2D eigenvalue weighted by atomic mass is 16.5. The summed E-state index contributed by atoms with van der Waals surface area (Å²) in [4.78, 5) is 12.2. The Morgan fingerprint density at radius 1 is 1.18 bits per heavy atom. The molecule has 122 valence electrons. The number of nitrogens with one attached hydrogen (secondary N) is 2. The molecule has 0 saturated heterocycles. The fourth-order valence-corrected chi connectivity index (χ4v) is 2.93. The molecular weight excluding hydrogens is 280 g/mol. The zero-order chi connectivity index (χ0) is 15.9. The van der Waals surface area contributed by atoms with Crippen LogP contribution in [0.25, 0.3) is 0 Å². The van der Waals surface area contributed by atoms with Crippen molar-refractivity contribution < 1.29 is 14.3 Å². The fraction of sp³-hybridized carbons (Fsp3) is 0.588. The zero-order valence-electron chi connectivity index (χ0n) is 13.6. The quantitative estimate of drug-likeness (QED) is 0.876. The van der Waals surface area contributed by atoms with Gasteiger partial charge in [0.25, 0.3) is 0 Å². The predicted octanol–water partition coefficient (Wildman–Crippen LogP) is 3.40. The van der Waals surface area contributed by atoms with Gasteiger partial charge in [0.1, 0.15) is 11.5 Å². The van der Waals surface area contributed by atoms with E-state index in [1.165, 1.54) is 19.3 Å². The Kier molecular flexibility index (Phi) is 5.92. The topological polar surface area (TPSA) is 59.6 Å². The molecule has 0 bridgehead atoms. The van der Waals surface area contributed by atoms with Crippen LogP contribution in [0.3, 0.4) is 0 Å². The monoisotopic (exact) mass is 306 g/mol. The number of rotatable bonds is 5. The number of hydrogen-bond acceptors (Lipinski definition) is 3. The maximum absolute atomic E-state index is 12.2. The molecule has 5 nitrogen and oxygen atoms in total. The summed E-state index contributed by atoms with van der Waals surface area (Å²) in [5.41, 5.74) is 0.903. The number of ether oxygens (including phenoxy) is 2. The number of hydrogen-bond donors (Lipinski definition) is 2. The largest absolute Gasteiger partial charge is 0.497 e. The van der Waals surface area contributed by atoms with Crippen LogP contribution in [0.15, 0.2) is 18.2 Å². The number of carbonyl (C=O) groups excluding carboxylic acids is 1. The molecule has 0 aromatic heterocycles. The van der Waals surface area contributed by atoms with Gasteiger partial charge in [-0.15, -0.1) is 0 Å². The van der Waals surface area contributed by atoms with Gasteiger partial charge in [-0.25, -0.2) is 4.79 Å². The Labute approximate surface area is 132 Å². The van der Waals surface area contributed by atoms with Gasteiger partial charge in [-0.3, -0.25) is 0 Å². The number of urea groups is 1. The Balaban J connectivity index is 1.98. The SMILES string of the molecule is COc1ccc(OC)c([C@@H](C)NC(=O)NC2CCCCC2)c1. The zero-order valence-corrected chi connectivity index (χ0v) is 13.6. The summed E-state index contributed by atoms with van der Waals surface area (Å²) in [6.45, 7) is 1.94. The second-order valence-corrected chi connectivity index (χ2v) is 5.78. The first-order valence-electron chi connectivity index (χ1n) is 7.93. The molecule has 22 heavy (non-hydrogen) atoms. The first kappa shape index (κ1) is 16.5. The Morgan fingerprint density at radius 2 is 1.91 bits per heavy atom. The summed E-state index contributed by atoms with van der Waals surface area (Å²) in [5, 5.41) is 6.05. The van der Waals surface area contributed by atoms with Gasteiger partial charge in [-0.05, 0) is 38.0 Å². The third-order valence-corrected chi connectivity index (χ3v) is 4.19. The van der Waals surface area contributed by atoms with Gasteiger partial charge in [0, 0.05) is 11.6 Å². The van der Waals surface area contributed by atoms with E-state index in [1.807, 2.05) is 25.1 Å². The van der Waals surface area contributed by atoms with E-state index in [-0.39, 0.29) is 12.1 Å². The molecular formula is C17H26N2O3. The van der Waals surface area contributed by atoms with Crippen molar-refractivity contribution in [3.8, 4) is 11.5 Å². The van der Waals surface area contributed by atoms with E-state index in [0.29, 0.717) is 6.04 Å². The van der Waals surface area contributed by atoms with Crippen molar-refractivity contribution in [3.05, 3.63) is 23.8 Å². The predicted molar refractivity (Wildman–Crippen MR) is 86.5 cm³/mol. The second-order valence-electron chi connectivity index (χ2n) is 5.78. The maximum Gasteiger partial charge on any atom is 0.315 e. The Bertz CT molecular complexity index is 499. The van der Waals surface area contributed by atoms with Crippen LogP contribution in [0.2, 0.25) is 0 Å². The maximum atomic E-state index is 12.2. The number of methoxy groups -OCH3 is 2. The van der Waals surface area contributed by atoms with Crippen molar-refractivity contribution in [2.24, 2.45) is 0 Å². The van der Waals surface area contributed by atoms with Crippen molar-refractivity contribution in [3.63, 3.8) is 0 Å². The van der Waals surface area contributed by atoms with E-state index in [9.17, 15) is 4.79 Å². The molecule has 1 fully saturated rings. The van der Waals surface area contributed by atoms with E-state index >= 15 is 0 Å². The standard InChI is InChI=1S/C17H26N2O3/c1-12(15-11-14(21-2)9-10-16(15)22-3)18-17(20)19-13-7-5-4-6-8-13/h9-13H,4-8H2,1-3H3,(H2,18,19,20)/t12-/m1/s1. The minimum Gasteiger partial charge on any atom is -0.497 e. The van der Waals surface area contributed by atoms with E-state index < -0.39 is 0 Å². The lowest BCUT2D eigenvalue weighted by molar-refractivity contribution is 0.229. The number of carbonyl (C=O) groups is 1. The summed E-state index contributed by atoms with van der Waals surface area (Å²) in [5.74, 6) is 1.49. The number of benzene rings is 1. The van der Waals surface area contributed by atoms with E-state index in [4.69, 9.17) is 9.47 Å². The Hall–Kier alpha value is -1.91. The normalized spacial score (nSPS) is 16.7. The molecule has 1 saturated carbocycles. The van der Waals surface area contributed by atoms with Gasteiger partial charge in [0.15, 0.2) is 0 Å². The smallest absolute Gasteiger partial charge is 0.315 e. The van der Waals surface area contributed by atoms with Crippen LogP contribution >= 0.6 is 0 Å². The lowest BCUT2D eigenvalue weighted by Gasteiger charge is -2.24. The van der Waals surface area contributed by atoms with Gasteiger partial charge >= 0.3 is 6.03 Å². The molecule has 0 spiro atoms. The van der Waals surface area contributed by atoms with Crippen molar-refractivity contribution >= 4 is 6.03 Å². The first-order chi connectivity index (χ1) is 10.6. The molecule has 1 aliphatic rings. The van der Waals surface area contributed by atoms with Crippen LogP contribution in [-0.4, -0.2) is 26.3 Å². The molecule has 2 amide bonds. The van der Waals surface area contributed by atoms with Crippen LogP contribution in [0.1, 0.15) is 50.6 Å². The molecule has 5 heteroatoms. The van der Waals surface area contributed by atoms with Gasteiger partial charge in [-0.1, -0.05) is 19.3 Å². The summed E-state index contributed by atoms with van der Waals surface area (Å²) >= 11 is 0. The summed E-state index contributed by atoms with van der Waals surface area (Å²) in [6.07, 6.45) is 5.82. The van der Waals surface area contributed by atoms with E-state index in [2.05, 4.69) is 10.6 Å². The van der Waals surface area contributed by atoms with Crippen molar-refractivity contribution in [1.29, 1.82) is 0 Å². The summed E-state index contributed by atoms with van der Waals surface area (Å²) < 4.78 is 10.6. The molecule has 1 aromatic rings. The highest BCUT2D eigenvalue weighted by molar-refractivity contribution is 5.75. The Morgan fingerprint density at radius 3 is 2.55 bits per heavy atom. The fourth-order valence-electron chi connectivity index (χ4n) is 2.93. The molecule has 1 aromatic carbocycles. The van der Waals surface area contributed by atoms with Crippen LogP contribution in [-0.2, 0) is 0 Å². The molecule has 0 heterocycles. The molecule has 0 aliphatic heterocycles. The average molecular weight is 306 g/mol. The van der Waals surface area contributed by atoms with E-state index in [1.54, 1.807) is 14.2 Å². The highest BCUT2D eigenvalue weighted by Crippen LogP contribution is 2.29. The molecule has 1 atom stereocenters. The summed E-state index contributed by atoms with van der Waals surface area (Å²) in [6, 6.07) is 5.61. The minimum atomic E-state index is -0.159. The van der Waals surface area contributed by atoms with E-state index in [0.717, 1.165) is 29.9 Å². The third-order valence-electron chi connectivity index (χ3n) is 4.19. The molecule has 0 radical (unpaired) electrons. The second kappa shape index (κ2) is 7.92. The molecule has 0 unspecified atom stereocenters. The number of amides is 2. The minimum absolute atomic E-state index is 0.121. The summed E-state index contributed by atoms with van der Waals surface area (Å²) in [7, 11) is 3.25. The van der Waals surface area contributed by atoms with Crippen molar-refractivity contribution in [2.75, 3.05) is 14.2 Å². The molecule has 2 rings (SSSR count). The van der Waals surface area contributed by atoms with Gasteiger partial charge in [-0.2, -0.15) is 0 Å². The van der Waals surface area contributed by atoms with Crippen LogP contribution in [0.5, 0.6) is 11.5 Å². The lowest BCUT2D eigenvalue weighted by Crippen LogP contribution is -2.43. The van der Waals surface area contributed by atoms with Gasteiger partial charge in [0.05, 0.1) is 20.3 Å². The molecule has 2 N–H and O–H groups in total. The van der Waals surface area contributed by atoms with Crippen LogP contribution in [0.4, 0.5) is 4.79 Å². The lowest BCUT2D eigenvalue weighted by atomic mass is 9.96. The van der Waals surface area contributed by atoms with Gasteiger partial charge in [0.2, 0.25) is 0 Å². The molecule has 1 aliphatic carbocycles. The third kappa shape index (κ3) is 4.29. The van der Waals surface area contributed by atoms with Gasteiger partial charge < -0.3 is 20.1 Å². The van der Waals surface area contributed by atoms with Crippen LogP contribution < -0.4 is 20.1 Å². The van der Waals surface area contributed by atoms with Crippen LogP contribution in [0, 0.1) is 0 Å². The van der Waals surface area contributed by atoms with Crippen molar-refractivity contribution in [1.82, 2.24) is 10.6 Å². The first-order valence-corrected chi connectivity index (χ1v) is 7.93.